The number of piperidine rings is 1. The fourth-order valence-corrected chi connectivity index (χ4v) is 5.29. The van der Waals surface area contributed by atoms with E-state index in [2.05, 4.69) is 50.6 Å². The van der Waals surface area contributed by atoms with Gasteiger partial charge >= 0.3 is 0 Å². The molecule has 0 aliphatic carbocycles. The van der Waals surface area contributed by atoms with Gasteiger partial charge in [0.05, 0.1) is 0 Å². The highest BCUT2D eigenvalue weighted by molar-refractivity contribution is 5.92. The van der Waals surface area contributed by atoms with Gasteiger partial charge in [0.2, 0.25) is 0 Å². The van der Waals surface area contributed by atoms with E-state index in [-0.39, 0.29) is 11.3 Å². The summed E-state index contributed by atoms with van der Waals surface area (Å²) in [5.41, 5.74) is 1.81. The molecule has 162 valence electrons. The van der Waals surface area contributed by atoms with E-state index < -0.39 is 0 Å². The number of aromatic nitrogens is 4. The van der Waals surface area contributed by atoms with Crippen molar-refractivity contribution >= 4 is 5.91 Å². The van der Waals surface area contributed by atoms with Crippen LogP contribution in [0.4, 0.5) is 0 Å². The summed E-state index contributed by atoms with van der Waals surface area (Å²) in [6.45, 7) is 6.14. The zero-order valence-electron chi connectivity index (χ0n) is 18.1. The molecule has 0 N–H and O–H groups in total. The molecule has 8 nitrogen and oxygen atoms in total. The molecule has 0 saturated carbocycles. The van der Waals surface area contributed by atoms with Crippen LogP contribution in [-0.4, -0.2) is 61.8 Å². The second-order valence-corrected chi connectivity index (χ2v) is 8.99. The first kappa shape index (κ1) is 19.9. The first-order valence-corrected chi connectivity index (χ1v) is 10.9. The Morgan fingerprint density at radius 1 is 1.23 bits per heavy atom. The monoisotopic (exact) mass is 420 g/mol. The maximum Gasteiger partial charge on any atom is 0.276 e. The highest BCUT2D eigenvalue weighted by Gasteiger charge is 2.50. The molecule has 2 fully saturated rings. The summed E-state index contributed by atoms with van der Waals surface area (Å²) in [6, 6.07) is 12.3. The van der Waals surface area contributed by atoms with Crippen molar-refractivity contribution in [1.82, 2.24) is 29.7 Å². The van der Waals surface area contributed by atoms with E-state index in [1.54, 1.807) is 19.3 Å². The number of carbonyl (C=O) groups is 1. The summed E-state index contributed by atoms with van der Waals surface area (Å²) in [5, 5.41) is 12.5. The molecule has 2 aliphatic rings. The number of likely N-dealkylation sites (tertiary alicyclic amines) is 2. The molecule has 1 unspecified atom stereocenters. The van der Waals surface area contributed by atoms with Gasteiger partial charge in [-0.15, -0.1) is 10.2 Å². The van der Waals surface area contributed by atoms with E-state index >= 15 is 0 Å². The highest BCUT2D eigenvalue weighted by atomic mass is 16.5. The van der Waals surface area contributed by atoms with E-state index in [4.69, 9.17) is 4.52 Å². The summed E-state index contributed by atoms with van der Waals surface area (Å²) in [6.07, 6.45) is 3.67. The van der Waals surface area contributed by atoms with Gasteiger partial charge in [0, 0.05) is 51.8 Å². The fourth-order valence-electron chi connectivity index (χ4n) is 5.29. The van der Waals surface area contributed by atoms with Gasteiger partial charge in [-0.05, 0) is 30.7 Å². The molecular weight excluding hydrogens is 392 g/mol. The predicted octanol–water partition coefficient (Wildman–Crippen LogP) is 2.63. The van der Waals surface area contributed by atoms with Crippen LogP contribution in [-0.2, 0) is 13.6 Å². The quantitative estimate of drug-likeness (QED) is 0.646. The lowest BCUT2D eigenvalue weighted by atomic mass is 9.70. The maximum atomic E-state index is 12.9. The number of hydrogen-bond donors (Lipinski definition) is 0. The van der Waals surface area contributed by atoms with Crippen LogP contribution in [0.2, 0.25) is 0 Å². The van der Waals surface area contributed by atoms with Crippen LogP contribution < -0.4 is 0 Å². The van der Waals surface area contributed by atoms with Crippen LogP contribution in [0.15, 0.2) is 47.2 Å². The fraction of sp³-hybridized carbons (Fsp3) is 0.478. The largest absolute Gasteiger partial charge is 0.361 e. The van der Waals surface area contributed by atoms with E-state index in [1.807, 2.05) is 16.5 Å². The van der Waals surface area contributed by atoms with Crippen LogP contribution in [0.3, 0.4) is 0 Å². The zero-order chi connectivity index (χ0) is 21.4. The Hall–Kier alpha value is -3.00. The summed E-state index contributed by atoms with van der Waals surface area (Å²) in [4.78, 5) is 17.3. The van der Waals surface area contributed by atoms with E-state index in [0.29, 0.717) is 17.4 Å². The first-order valence-electron chi connectivity index (χ1n) is 10.9. The predicted molar refractivity (Wildman–Crippen MR) is 114 cm³/mol. The Labute approximate surface area is 181 Å². The smallest absolute Gasteiger partial charge is 0.276 e. The molecule has 2 aliphatic heterocycles. The number of rotatable bonds is 4. The lowest BCUT2D eigenvalue weighted by Gasteiger charge is -2.42. The maximum absolute atomic E-state index is 12.9. The third-order valence-electron chi connectivity index (χ3n) is 6.92. The normalized spacial score (nSPS) is 21.1. The average Bonchev–Trinajstić information content (AvgIpc) is 3.48. The molecule has 1 atom stereocenters. The average molecular weight is 421 g/mol. The SMILES string of the molecule is Cc1cc(C(=O)N2CCC3(CC2)CN(Cc2ccccc2)CC3c2nncn2C)no1. The van der Waals surface area contributed by atoms with Crippen molar-refractivity contribution in [3.8, 4) is 0 Å². The zero-order valence-corrected chi connectivity index (χ0v) is 18.1. The van der Waals surface area contributed by atoms with Crippen molar-refractivity contribution in [3.05, 3.63) is 65.6 Å². The topological polar surface area (TPSA) is 80.3 Å². The third kappa shape index (κ3) is 3.76. The molecule has 31 heavy (non-hydrogen) atoms. The number of amides is 1. The second kappa shape index (κ2) is 7.92. The van der Waals surface area contributed by atoms with Crippen LogP contribution in [0.5, 0.6) is 0 Å². The van der Waals surface area contributed by atoms with E-state index in [9.17, 15) is 4.79 Å². The molecule has 5 rings (SSSR count). The molecule has 0 radical (unpaired) electrons. The molecule has 2 aromatic heterocycles. The summed E-state index contributed by atoms with van der Waals surface area (Å²) in [5.74, 6) is 1.96. The molecule has 4 heterocycles. The van der Waals surface area contributed by atoms with Gasteiger partial charge in [-0.25, -0.2) is 0 Å². The molecule has 3 aromatic rings. The first-order chi connectivity index (χ1) is 15.0. The lowest BCUT2D eigenvalue weighted by molar-refractivity contribution is 0.0546. The molecule has 1 aromatic carbocycles. The highest BCUT2D eigenvalue weighted by Crippen LogP contribution is 2.49. The minimum absolute atomic E-state index is 0.0407. The number of nitrogens with zero attached hydrogens (tertiary/aromatic N) is 6. The standard InChI is InChI=1S/C23H28N6O2/c1-17-12-20(26-31-17)22(30)29-10-8-23(9-11-29)15-28(13-18-6-4-3-5-7-18)14-19(23)21-25-24-16-27(21)2/h3-7,12,16,19H,8-11,13-15H2,1-2H3. The lowest BCUT2D eigenvalue weighted by Crippen LogP contribution is -2.46. The summed E-state index contributed by atoms with van der Waals surface area (Å²) >= 11 is 0. The molecule has 0 bridgehead atoms. The van der Waals surface area contributed by atoms with Gasteiger partial charge in [0.1, 0.15) is 17.9 Å². The molecule has 8 heteroatoms. The van der Waals surface area contributed by atoms with Gasteiger partial charge < -0.3 is 14.0 Å². The van der Waals surface area contributed by atoms with Crippen molar-refractivity contribution in [2.75, 3.05) is 26.2 Å². The van der Waals surface area contributed by atoms with Crippen molar-refractivity contribution in [3.63, 3.8) is 0 Å². The summed E-state index contributed by atoms with van der Waals surface area (Å²) < 4.78 is 7.15. The van der Waals surface area contributed by atoms with Gasteiger partial charge in [-0.1, -0.05) is 35.5 Å². The minimum Gasteiger partial charge on any atom is -0.361 e. The second-order valence-electron chi connectivity index (χ2n) is 8.99. The number of carbonyl (C=O) groups excluding carboxylic acids is 1. The number of benzene rings is 1. The van der Waals surface area contributed by atoms with Gasteiger partial charge in [-0.2, -0.15) is 0 Å². The van der Waals surface area contributed by atoms with Crippen LogP contribution in [0, 0.1) is 12.3 Å². The molecule has 2 saturated heterocycles. The third-order valence-corrected chi connectivity index (χ3v) is 6.92. The van der Waals surface area contributed by atoms with Crippen LogP contribution in [0.25, 0.3) is 0 Å². The van der Waals surface area contributed by atoms with Crippen LogP contribution >= 0.6 is 0 Å². The Kier molecular flexibility index (Phi) is 5.09. The van der Waals surface area contributed by atoms with Crippen molar-refractivity contribution in [2.24, 2.45) is 12.5 Å². The van der Waals surface area contributed by atoms with Crippen LogP contribution in [0.1, 0.15) is 46.4 Å². The van der Waals surface area contributed by atoms with E-state index in [0.717, 1.165) is 51.4 Å². The number of hydrogen-bond acceptors (Lipinski definition) is 6. The number of aryl methyl sites for hydroxylation is 2. The summed E-state index contributed by atoms with van der Waals surface area (Å²) in [7, 11) is 2.02. The Bertz CT molecular complexity index is 1050. The van der Waals surface area contributed by atoms with Crippen molar-refractivity contribution in [1.29, 1.82) is 0 Å². The van der Waals surface area contributed by atoms with E-state index in [1.165, 1.54) is 5.56 Å². The Morgan fingerprint density at radius 3 is 2.65 bits per heavy atom. The van der Waals surface area contributed by atoms with Crippen molar-refractivity contribution in [2.45, 2.75) is 32.2 Å². The van der Waals surface area contributed by atoms with Gasteiger partial charge in [-0.3, -0.25) is 9.69 Å². The van der Waals surface area contributed by atoms with Crippen molar-refractivity contribution < 1.29 is 9.32 Å². The Balaban J connectivity index is 1.35. The molecular formula is C23H28N6O2. The van der Waals surface area contributed by atoms with Gasteiger partial charge in [0.15, 0.2) is 5.69 Å². The molecule has 1 amide bonds. The molecule has 1 spiro atoms. The Morgan fingerprint density at radius 2 is 2.00 bits per heavy atom. The minimum atomic E-state index is -0.0407. The van der Waals surface area contributed by atoms with Gasteiger partial charge in [0.25, 0.3) is 5.91 Å².